The number of pyridine rings is 1. The van der Waals surface area contributed by atoms with E-state index in [0.29, 0.717) is 0 Å². The molecule has 1 aromatic heterocycles. The molecule has 0 saturated carbocycles. The van der Waals surface area contributed by atoms with Gasteiger partial charge in [0.1, 0.15) is 16.3 Å². The third kappa shape index (κ3) is 2.45. The molecular formula is C8H10F2N2O3S. The number of halogens is 2. The Bertz CT molecular complexity index is 502. The number of aromatic nitrogens is 1. The number of aryl methyl sites for hydroxylation is 1. The number of hydrogen-bond acceptors (Lipinski definition) is 4. The van der Waals surface area contributed by atoms with Crippen LogP contribution >= 0.6 is 0 Å². The van der Waals surface area contributed by atoms with Gasteiger partial charge in [0.25, 0.3) is 6.43 Å². The molecule has 0 radical (unpaired) electrons. The van der Waals surface area contributed by atoms with Gasteiger partial charge >= 0.3 is 0 Å². The van der Waals surface area contributed by atoms with Crippen molar-refractivity contribution in [3.8, 4) is 5.75 Å². The van der Waals surface area contributed by atoms with E-state index in [2.05, 4.69) is 4.98 Å². The van der Waals surface area contributed by atoms with E-state index >= 15 is 0 Å². The number of ether oxygens (including phenoxy) is 1. The first-order valence-electron chi connectivity index (χ1n) is 4.14. The van der Waals surface area contributed by atoms with E-state index in [4.69, 9.17) is 9.88 Å². The number of hydrogen-bond donors (Lipinski definition) is 1. The summed E-state index contributed by atoms with van der Waals surface area (Å²) in [5.41, 5.74) is -0.668. The summed E-state index contributed by atoms with van der Waals surface area (Å²) in [5.74, 6) is -0.231. The van der Waals surface area contributed by atoms with Crippen molar-refractivity contribution in [2.24, 2.45) is 5.14 Å². The van der Waals surface area contributed by atoms with E-state index < -0.39 is 22.1 Å². The minimum absolute atomic E-state index is 0.114. The van der Waals surface area contributed by atoms with E-state index in [9.17, 15) is 17.2 Å². The van der Waals surface area contributed by atoms with Gasteiger partial charge in [0.2, 0.25) is 10.0 Å². The molecule has 0 aliphatic heterocycles. The normalized spacial score (nSPS) is 11.9. The Labute approximate surface area is 91.3 Å². The number of rotatable bonds is 3. The van der Waals surface area contributed by atoms with Gasteiger partial charge in [0.05, 0.1) is 12.8 Å². The highest BCUT2D eigenvalue weighted by Crippen LogP contribution is 2.29. The number of nitrogens with zero attached hydrogens (tertiary/aromatic N) is 1. The highest BCUT2D eigenvalue weighted by molar-refractivity contribution is 7.89. The van der Waals surface area contributed by atoms with Crippen LogP contribution in [0.4, 0.5) is 8.78 Å². The first-order chi connectivity index (χ1) is 7.27. The van der Waals surface area contributed by atoms with Gasteiger partial charge in [-0.15, -0.1) is 0 Å². The van der Waals surface area contributed by atoms with Crippen molar-refractivity contribution in [2.45, 2.75) is 18.2 Å². The summed E-state index contributed by atoms with van der Waals surface area (Å²) in [6, 6.07) is 0.859. The molecule has 1 rings (SSSR count). The average molecular weight is 252 g/mol. The number of nitrogens with two attached hydrogens (primary N) is 1. The lowest BCUT2D eigenvalue weighted by atomic mass is 10.3. The second-order valence-electron chi connectivity index (χ2n) is 3.01. The number of alkyl halides is 2. The van der Waals surface area contributed by atoms with Crippen LogP contribution in [-0.2, 0) is 10.0 Å². The van der Waals surface area contributed by atoms with E-state index in [0.717, 1.165) is 6.07 Å². The fourth-order valence-corrected chi connectivity index (χ4v) is 2.14. The minimum Gasteiger partial charge on any atom is -0.495 e. The van der Waals surface area contributed by atoms with Gasteiger partial charge in [-0.05, 0) is 6.92 Å². The van der Waals surface area contributed by atoms with Gasteiger partial charge in [-0.1, -0.05) is 0 Å². The van der Waals surface area contributed by atoms with Crippen molar-refractivity contribution in [2.75, 3.05) is 7.11 Å². The Morgan fingerprint density at radius 2 is 2.06 bits per heavy atom. The highest BCUT2D eigenvalue weighted by atomic mass is 32.2. The van der Waals surface area contributed by atoms with Crippen LogP contribution in [0.3, 0.4) is 0 Å². The monoisotopic (exact) mass is 252 g/mol. The van der Waals surface area contributed by atoms with Crippen LogP contribution < -0.4 is 9.88 Å². The maximum atomic E-state index is 12.4. The molecule has 0 fully saturated rings. The van der Waals surface area contributed by atoms with Crippen LogP contribution in [0.5, 0.6) is 5.75 Å². The SMILES string of the molecule is COc1cc(C(F)F)nc(C)c1S(N)(=O)=O. The van der Waals surface area contributed by atoms with Crippen LogP contribution in [0.25, 0.3) is 0 Å². The third-order valence-corrected chi connectivity index (χ3v) is 2.92. The van der Waals surface area contributed by atoms with Gasteiger partial charge in [0.15, 0.2) is 0 Å². The van der Waals surface area contributed by atoms with Gasteiger partial charge in [-0.25, -0.2) is 22.3 Å². The fraction of sp³-hybridized carbons (Fsp3) is 0.375. The molecule has 16 heavy (non-hydrogen) atoms. The molecule has 5 nitrogen and oxygen atoms in total. The molecular weight excluding hydrogens is 242 g/mol. The zero-order valence-electron chi connectivity index (χ0n) is 8.57. The largest absolute Gasteiger partial charge is 0.495 e. The summed E-state index contributed by atoms with van der Waals surface area (Å²) >= 11 is 0. The fourth-order valence-electron chi connectivity index (χ4n) is 1.26. The first kappa shape index (κ1) is 12.8. The molecule has 0 aromatic carbocycles. The zero-order valence-corrected chi connectivity index (χ0v) is 9.38. The van der Waals surface area contributed by atoms with Gasteiger partial charge < -0.3 is 4.74 Å². The molecule has 2 N–H and O–H groups in total. The molecule has 1 heterocycles. The zero-order chi connectivity index (χ0) is 12.5. The molecule has 0 aliphatic rings. The molecule has 1 aromatic rings. The van der Waals surface area contributed by atoms with Crippen LogP contribution in [0.1, 0.15) is 17.8 Å². The Hall–Kier alpha value is -1.28. The predicted octanol–water partition coefficient (Wildman–Crippen LogP) is 0.984. The molecule has 0 amide bonds. The Kier molecular flexibility index (Phi) is 3.44. The lowest BCUT2D eigenvalue weighted by Gasteiger charge is -2.11. The van der Waals surface area contributed by atoms with Crippen molar-refractivity contribution >= 4 is 10.0 Å². The highest BCUT2D eigenvalue weighted by Gasteiger charge is 2.22. The molecule has 0 spiro atoms. The molecule has 0 saturated heterocycles. The average Bonchev–Trinajstić information content (AvgIpc) is 2.14. The quantitative estimate of drug-likeness (QED) is 0.869. The molecule has 0 unspecified atom stereocenters. The Morgan fingerprint density at radius 1 is 1.50 bits per heavy atom. The van der Waals surface area contributed by atoms with E-state index in [-0.39, 0.29) is 16.3 Å². The van der Waals surface area contributed by atoms with Crippen LogP contribution in [-0.4, -0.2) is 20.5 Å². The van der Waals surface area contributed by atoms with Gasteiger partial charge in [-0.3, -0.25) is 4.98 Å². The summed E-state index contributed by atoms with van der Waals surface area (Å²) in [6.45, 7) is 1.27. The van der Waals surface area contributed by atoms with E-state index in [1.54, 1.807) is 0 Å². The summed E-state index contributed by atoms with van der Waals surface area (Å²) in [7, 11) is -2.89. The van der Waals surface area contributed by atoms with Crippen molar-refractivity contribution in [3.63, 3.8) is 0 Å². The standard InChI is InChI=1S/C8H10F2N2O3S/c1-4-7(16(11,13)14)6(15-2)3-5(12-4)8(9)10/h3,8H,1-2H3,(H2,11,13,14). The second-order valence-corrected chi connectivity index (χ2v) is 4.51. The lowest BCUT2D eigenvalue weighted by Crippen LogP contribution is -2.16. The maximum absolute atomic E-state index is 12.4. The van der Waals surface area contributed by atoms with Crippen molar-refractivity contribution < 1.29 is 21.9 Å². The smallest absolute Gasteiger partial charge is 0.280 e. The van der Waals surface area contributed by atoms with Gasteiger partial charge in [-0.2, -0.15) is 0 Å². The van der Waals surface area contributed by atoms with E-state index in [1.807, 2.05) is 0 Å². The predicted molar refractivity (Wildman–Crippen MR) is 51.9 cm³/mol. The number of primary sulfonamides is 1. The Balaban J connectivity index is 3.53. The molecule has 8 heteroatoms. The van der Waals surface area contributed by atoms with Crippen molar-refractivity contribution in [3.05, 3.63) is 17.5 Å². The number of methoxy groups -OCH3 is 1. The topological polar surface area (TPSA) is 82.3 Å². The second kappa shape index (κ2) is 4.30. The Morgan fingerprint density at radius 3 is 2.44 bits per heavy atom. The van der Waals surface area contributed by atoms with Crippen LogP contribution in [0.2, 0.25) is 0 Å². The summed E-state index contributed by atoms with van der Waals surface area (Å²) in [4.78, 5) is 3.08. The summed E-state index contributed by atoms with van der Waals surface area (Å²) < 4.78 is 51.9. The molecule has 0 aliphatic carbocycles. The van der Waals surface area contributed by atoms with Crippen LogP contribution in [0, 0.1) is 6.92 Å². The third-order valence-electron chi connectivity index (χ3n) is 1.86. The lowest BCUT2D eigenvalue weighted by molar-refractivity contribution is 0.145. The number of sulfonamides is 1. The van der Waals surface area contributed by atoms with Crippen LogP contribution in [0.15, 0.2) is 11.0 Å². The van der Waals surface area contributed by atoms with Crippen molar-refractivity contribution in [1.82, 2.24) is 4.98 Å². The summed E-state index contributed by atoms with van der Waals surface area (Å²) in [5, 5.41) is 4.92. The van der Waals surface area contributed by atoms with E-state index in [1.165, 1.54) is 14.0 Å². The summed E-state index contributed by atoms with van der Waals surface area (Å²) in [6.07, 6.45) is -2.80. The molecule has 90 valence electrons. The molecule has 0 bridgehead atoms. The van der Waals surface area contributed by atoms with Gasteiger partial charge in [0, 0.05) is 6.07 Å². The maximum Gasteiger partial charge on any atom is 0.280 e. The molecule has 0 atom stereocenters. The first-order valence-corrected chi connectivity index (χ1v) is 5.68. The van der Waals surface area contributed by atoms with Crippen molar-refractivity contribution in [1.29, 1.82) is 0 Å². The minimum atomic E-state index is -4.05.